The minimum absolute atomic E-state index is 0.403. The van der Waals surface area contributed by atoms with Crippen molar-refractivity contribution in [3.63, 3.8) is 0 Å². The van der Waals surface area contributed by atoms with Gasteiger partial charge in [-0.25, -0.2) is 12.7 Å². The van der Waals surface area contributed by atoms with Crippen molar-refractivity contribution in [1.82, 2.24) is 4.31 Å². The Morgan fingerprint density at radius 1 is 1.31 bits per heavy atom. The third-order valence-corrected chi connectivity index (χ3v) is 5.07. The second-order valence-electron chi connectivity index (χ2n) is 4.50. The van der Waals surface area contributed by atoms with Crippen molar-refractivity contribution < 1.29 is 8.42 Å². The second-order valence-corrected chi connectivity index (χ2v) is 6.51. The predicted molar refractivity (Wildman–Crippen MR) is 51.9 cm³/mol. The van der Waals surface area contributed by atoms with Crippen LogP contribution in [-0.4, -0.2) is 31.6 Å². The van der Waals surface area contributed by atoms with E-state index in [0.29, 0.717) is 17.6 Å². The van der Waals surface area contributed by atoms with Crippen LogP contribution in [0.2, 0.25) is 0 Å². The van der Waals surface area contributed by atoms with Crippen molar-refractivity contribution in [2.75, 3.05) is 18.8 Å². The molecule has 0 atom stereocenters. The lowest BCUT2D eigenvalue weighted by atomic mass is 9.87. The number of sulfonamides is 1. The molecule has 0 bridgehead atoms. The molecule has 0 unspecified atom stereocenters. The molecule has 2 aliphatic rings. The first-order chi connectivity index (χ1) is 6.08. The van der Waals surface area contributed by atoms with E-state index < -0.39 is 10.0 Å². The van der Waals surface area contributed by atoms with Crippen LogP contribution < -0.4 is 0 Å². The number of hydrogen-bond donors (Lipinski definition) is 0. The molecule has 2 rings (SSSR count). The van der Waals surface area contributed by atoms with Crippen LogP contribution in [0.4, 0.5) is 0 Å². The molecule has 0 N–H and O–H groups in total. The van der Waals surface area contributed by atoms with Crippen molar-refractivity contribution in [3.05, 3.63) is 0 Å². The standard InChI is InChI=1S/C9H17NO2S/c1-8-5-10(6-8)13(11,12)7-9-3-2-4-9/h8-9H,2-7H2,1H3. The molecular weight excluding hydrogens is 186 g/mol. The minimum atomic E-state index is -2.88. The maximum atomic E-state index is 11.7. The normalized spacial score (nSPS) is 26.8. The molecule has 1 aliphatic carbocycles. The molecule has 0 aromatic carbocycles. The Bertz CT molecular complexity index is 276. The van der Waals surface area contributed by atoms with Gasteiger partial charge in [-0.15, -0.1) is 0 Å². The SMILES string of the molecule is CC1CN(S(=O)(=O)CC2CCC2)C1. The third-order valence-electron chi connectivity index (χ3n) is 3.10. The maximum absolute atomic E-state index is 11.7. The van der Waals surface area contributed by atoms with E-state index in [2.05, 4.69) is 6.92 Å². The van der Waals surface area contributed by atoms with Gasteiger partial charge in [0.2, 0.25) is 10.0 Å². The summed E-state index contributed by atoms with van der Waals surface area (Å²) in [6.45, 7) is 3.58. The lowest BCUT2D eigenvalue weighted by Crippen LogP contribution is -2.50. The Morgan fingerprint density at radius 3 is 2.31 bits per heavy atom. The first kappa shape index (κ1) is 9.46. The topological polar surface area (TPSA) is 37.4 Å². The highest BCUT2D eigenvalue weighted by molar-refractivity contribution is 7.89. The Kier molecular flexibility index (Phi) is 2.36. The fourth-order valence-electron chi connectivity index (χ4n) is 1.93. The van der Waals surface area contributed by atoms with Crippen molar-refractivity contribution in [2.24, 2.45) is 11.8 Å². The molecule has 1 saturated carbocycles. The molecule has 76 valence electrons. The lowest BCUT2D eigenvalue weighted by molar-refractivity contribution is 0.214. The first-order valence-electron chi connectivity index (χ1n) is 5.06. The summed E-state index contributed by atoms with van der Waals surface area (Å²) in [6.07, 6.45) is 3.45. The highest BCUT2D eigenvalue weighted by Gasteiger charge is 2.35. The summed E-state index contributed by atoms with van der Waals surface area (Å²) in [7, 11) is -2.88. The molecule has 13 heavy (non-hydrogen) atoms. The van der Waals surface area contributed by atoms with Crippen LogP contribution in [-0.2, 0) is 10.0 Å². The molecule has 4 heteroatoms. The molecule has 3 nitrogen and oxygen atoms in total. The average Bonchev–Trinajstić information content (AvgIpc) is 1.91. The highest BCUT2D eigenvalue weighted by Crippen LogP contribution is 2.30. The zero-order valence-corrected chi connectivity index (χ0v) is 8.89. The molecule has 0 aromatic rings. The average molecular weight is 203 g/mol. The van der Waals surface area contributed by atoms with Crippen molar-refractivity contribution >= 4 is 10.0 Å². The Morgan fingerprint density at radius 2 is 1.92 bits per heavy atom. The summed E-state index contributed by atoms with van der Waals surface area (Å²) in [6, 6.07) is 0. The van der Waals surface area contributed by atoms with Gasteiger partial charge >= 0.3 is 0 Å². The van der Waals surface area contributed by atoms with E-state index in [-0.39, 0.29) is 0 Å². The predicted octanol–water partition coefficient (Wildman–Crippen LogP) is 1.07. The summed E-state index contributed by atoms with van der Waals surface area (Å²) in [4.78, 5) is 0. The van der Waals surface area contributed by atoms with Gasteiger partial charge in [0, 0.05) is 13.1 Å². The molecule has 0 spiro atoms. The van der Waals surface area contributed by atoms with Crippen molar-refractivity contribution in [2.45, 2.75) is 26.2 Å². The first-order valence-corrected chi connectivity index (χ1v) is 6.66. The highest BCUT2D eigenvalue weighted by atomic mass is 32.2. The maximum Gasteiger partial charge on any atom is 0.214 e. The van der Waals surface area contributed by atoms with E-state index >= 15 is 0 Å². The Labute approximate surface area is 80.2 Å². The summed E-state index contributed by atoms with van der Waals surface area (Å²) in [5, 5.41) is 0. The number of hydrogen-bond acceptors (Lipinski definition) is 2. The molecule has 2 fully saturated rings. The Hall–Kier alpha value is -0.0900. The van der Waals surface area contributed by atoms with E-state index in [1.807, 2.05) is 0 Å². The summed E-state index contributed by atoms with van der Waals surface area (Å²) >= 11 is 0. The van der Waals surface area contributed by atoms with Gasteiger partial charge < -0.3 is 0 Å². The van der Waals surface area contributed by atoms with E-state index in [4.69, 9.17) is 0 Å². The van der Waals surface area contributed by atoms with Gasteiger partial charge in [0.15, 0.2) is 0 Å². The lowest BCUT2D eigenvalue weighted by Gasteiger charge is -2.37. The number of nitrogens with zero attached hydrogens (tertiary/aromatic N) is 1. The number of rotatable bonds is 3. The van der Waals surface area contributed by atoms with E-state index in [0.717, 1.165) is 25.9 Å². The van der Waals surface area contributed by atoms with Crippen molar-refractivity contribution in [3.8, 4) is 0 Å². The van der Waals surface area contributed by atoms with E-state index in [1.165, 1.54) is 6.42 Å². The smallest absolute Gasteiger partial charge is 0.212 e. The fraction of sp³-hybridized carbons (Fsp3) is 1.00. The van der Waals surface area contributed by atoms with E-state index in [1.54, 1.807) is 4.31 Å². The molecule has 0 radical (unpaired) electrons. The molecule has 0 amide bonds. The van der Waals surface area contributed by atoms with Crippen molar-refractivity contribution in [1.29, 1.82) is 0 Å². The van der Waals surface area contributed by atoms with Crippen LogP contribution in [0.25, 0.3) is 0 Å². The molecule has 0 aromatic heterocycles. The van der Waals surface area contributed by atoms with E-state index in [9.17, 15) is 8.42 Å². The van der Waals surface area contributed by atoms with Gasteiger partial charge in [0.25, 0.3) is 0 Å². The fourth-order valence-corrected chi connectivity index (χ4v) is 4.03. The van der Waals surface area contributed by atoms with Crippen LogP contribution >= 0.6 is 0 Å². The Balaban J connectivity index is 1.88. The molecular formula is C9H17NO2S. The molecule has 1 aliphatic heterocycles. The van der Waals surface area contributed by atoms with Crippen LogP contribution in [0.15, 0.2) is 0 Å². The van der Waals surface area contributed by atoms with Gasteiger partial charge in [-0.2, -0.15) is 0 Å². The van der Waals surface area contributed by atoms with Crippen LogP contribution in [0.1, 0.15) is 26.2 Å². The van der Waals surface area contributed by atoms with Gasteiger partial charge in [-0.05, 0) is 24.7 Å². The monoisotopic (exact) mass is 203 g/mol. The third kappa shape index (κ3) is 1.89. The van der Waals surface area contributed by atoms with Crippen LogP contribution in [0, 0.1) is 11.8 Å². The van der Waals surface area contributed by atoms with Gasteiger partial charge in [0.1, 0.15) is 0 Å². The quantitative estimate of drug-likeness (QED) is 0.688. The molecule has 1 heterocycles. The van der Waals surface area contributed by atoms with Crippen LogP contribution in [0.3, 0.4) is 0 Å². The summed E-state index contributed by atoms with van der Waals surface area (Å²) < 4.78 is 25.0. The minimum Gasteiger partial charge on any atom is -0.212 e. The van der Waals surface area contributed by atoms with Crippen LogP contribution in [0.5, 0.6) is 0 Å². The zero-order valence-electron chi connectivity index (χ0n) is 8.07. The van der Waals surface area contributed by atoms with Gasteiger partial charge in [-0.3, -0.25) is 0 Å². The van der Waals surface area contributed by atoms with Gasteiger partial charge in [0.05, 0.1) is 5.75 Å². The summed E-state index contributed by atoms with van der Waals surface area (Å²) in [5.41, 5.74) is 0. The molecule has 1 saturated heterocycles. The second kappa shape index (κ2) is 3.24. The summed E-state index contributed by atoms with van der Waals surface area (Å²) in [5.74, 6) is 1.43. The van der Waals surface area contributed by atoms with Gasteiger partial charge in [-0.1, -0.05) is 13.3 Å². The zero-order chi connectivity index (χ0) is 9.47. The largest absolute Gasteiger partial charge is 0.214 e.